The lowest BCUT2D eigenvalue weighted by Gasteiger charge is -2.12. The highest BCUT2D eigenvalue weighted by Crippen LogP contribution is 2.34. The summed E-state index contributed by atoms with van der Waals surface area (Å²) in [5.74, 6) is -0.522. The molecular weight excluding hydrogens is 514 g/mol. The van der Waals surface area contributed by atoms with Crippen molar-refractivity contribution in [1.29, 1.82) is 5.26 Å². The van der Waals surface area contributed by atoms with Gasteiger partial charge in [-0.2, -0.15) is 23.5 Å². The summed E-state index contributed by atoms with van der Waals surface area (Å²) in [6.07, 6.45) is -3.75. The number of sulfonamides is 1. The van der Waals surface area contributed by atoms with Gasteiger partial charge in [0, 0.05) is 12.1 Å². The number of pyridine rings is 1. The van der Waals surface area contributed by atoms with Crippen molar-refractivity contribution in [2.75, 3.05) is 4.72 Å². The molecule has 0 saturated heterocycles. The highest BCUT2D eigenvalue weighted by molar-refractivity contribution is 7.92. The van der Waals surface area contributed by atoms with Crippen molar-refractivity contribution in [3.05, 3.63) is 83.9 Å². The predicted molar refractivity (Wildman–Crippen MR) is 125 cm³/mol. The normalized spacial score (nSPS) is 11.7. The van der Waals surface area contributed by atoms with Gasteiger partial charge in [0.15, 0.2) is 5.69 Å². The first-order chi connectivity index (χ1) is 17.5. The fourth-order valence-electron chi connectivity index (χ4n) is 3.36. The third-order valence-corrected chi connectivity index (χ3v) is 6.43. The molecule has 37 heavy (non-hydrogen) atoms. The third-order valence-electron chi connectivity index (χ3n) is 5.08. The van der Waals surface area contributed by atoms with Crippen molar-refractivity contribution in [2.45, 2.75) is 24.5 Å². The van der Waals surface area contributed by atoms with Crippen molar-refractivity contribution in [1.82, 2.24) is 14.8 Å². The lowest BCUT2D eigenvalue weighted by atomic mass is 10.1. The Kier molecular flexibility index (Phi) is 6.86. The van der Waals surface area contributed by atoms with Gasteiger partial charge in [-0.15, -0.1) is 0 Å². The minimum atomic E-state index is -4.60. The molecule has 2 aromatic carbocycles. The summed E-state index contributed by atoms with van der Waals surface area (Å²) in [6, 6.07) is 14.7. The number of nitrogens with zero attached hydrogens (tertiary/aromatic N) is 4. The van der Waals surface area contributed by atoms with Gasteiger partial charge in [-0.3, -0.25) is 9.40 Å². The summed E-state index contributed by atoms with van der Waals surface area (Å²) < 4.78 is 87.0. The summed E-state index contributed by atoms with van der Waals surface area (Å²) in [5.41, 5.74) is -0.513. The van der Waals surface area contributed by atoms with Crippen LogP contribution < -0.4 is 9.46 Å². The first kappa shape index (κ1) is 25.6. The van der Waals surface area contributed by atoms with E-state index in [1.54, 1.807) is 19.1 Å². The molecule has 0 fully saturated rings. The molecule has 0 atom stereocenters. The van der Waals surface area contributed by atoms with E-state index in [0.29, 0.717) is 5.56 Å². The Morgan fingerprint density at radius 3 is 2.54 bits per heavy atom. The number of hydrogen-bond acceptors (Lipinski definition) is 6. The molecule has 0 aliphatic carbocycles. The summed E-state index contributed by atoms with van der Waals surface area (Å²) in [7, 11) is -4.15. The van der Waals surface area contributed by atoms with Gasteiger partial charge >= 0.3 is 6.18 Å². The zero-order chi connectivity index (χ0) is 26.8. The zero-order valence-corrected chi connectivity index (χ0v) is 19.8. The number of hydrogen-bond donors (Lipinski definition) is 1. The average Bonchev–Trinajstić information content (AvgIpc) is 3.31. The van der Waals surface area contributed by atoms with E-state index < -0.39 is 27.7 Å². The van der Waals surface area contributed by atoms with Gasteiger partial charge < -0.3 is 4.74 Å². The number of anilines is 1. The molecule has 4 rings (SSSR count). The summed E-state index contributed by atoms with van der Waals surface area (Å²) in [5, 5.41) is 13.2. The molecule has 0 radical (unpaired) electrons. The van der Waals surface area contributed by atoms with Crippen LogP contribution in [0.4, 0.5) is 23.4 Å². The van der Waals surface area contributed by atoms with Crippen molar-refractivity contribution >= 4 is 15.8 Å². The molecule has 0 aliphatic rings. The second kappa shape index (κ2) is 9.90. The second-order valence-corrected chi connectivity index (χ2v) is 9.28. The molecule has 4 aromatic rings. The van der Waals surface area contributed by atoms with Crippen LogP contribution in [0.5, 0.6) is 11.5 Å². The molecule has 8 nitrogen and oxygen atoms in total. The van der Waals surface area contributed by atoms with Crippen LogP contribution in [0.1, 0.15) is 18.2 Å². The van der Waals surface area contributed by atoms with Crippen LogP contribution in [0.2, 0.25) is 0 Å². The predicted octanol–water partition coefficient (Wildman–Crippen LogP) is 5.59. The van der Waals surface area contributed by atoms with E-state index in [1.807, 2.05) is 6.07 Å². The number of benzene rings is 2. The van der Waals surface area contributed by atoms with Gasteiger partial charge in [-0.25, -0.2) is 17.8 Å². The minimum absolute atomic E-state index is 0.0264. The highest BCUT2D eigenvalue weighted by Gasteiger charge is 2.35. The smallest absolute Gasteiger partial charge is 0.435 e. The molecule has 13 heteroatoms. The maximum absolute atomic E-state index is 13.1. The van der Waals surface area contributed by atoms with Crippen LogP contribution in [0.25, 0.3) is 11.3 Å². The molecule has 0 spiro atoms. The molecule has 0 unspecified atom stereocenters. The van der Waals surface area contributed by atoms with E-state index in [2.05, 4.69) is 14.8 Å². The SMILES string of the molecule is CCn1nc(C(F)(F)F)cc1-c1cccc(Oc2ccc(S(=O)(=O)Nc3ccc(F)cn3)cc2C#N)c1. The lowest BCUT2D eigenvalue weighted by molar-refractivity contribution is -0.141. The molecule has 0 saturated carbocycles. The molecule has 2 aromatic heterocycles. The van der Waals surface area contributed by atoms with Crippen LogP contribution in [0.3, 0.4) is 0 Å². The van der Waals surface area contributed by atoms with Gasteiger partial charge in [0.1, 0.15) is 29.2 Å². The number of ether oxygens (including phenoxy) is 1. The van der Waals surface area contributed by atoms with E-state index in [0.717, 1.165) is 30.5 Å². The summed E-state index contributed by atoms with van der Waals surface area (Å²) >= 11 is 0. The van der Waals surface area contributed by atoms with Crippen LogP contribution in [-0.4, -0.2) is 23.2 Å². The average molecular weight is 531 g/mol. The Hall–Kier alpha value is -4.44. The molecule has 190 valence electrons. The van der Waals surface area contributed by atoms with Gasteiger partial charge in [0.25, 0.3) is 10.0 Å². The summed E-state index contributed by atoms with van der Waals surface area (Å²) in [4.78, 5) is 3.38. The van der Waals surface area contributed by atoms with Gasteiger partial charge in [0.2, 0.25) is 0 Å². The van der Waals surface area contributed by atoms with Crippen LogP contribution >= 0.6 is 0 Å². The highest BCUT2D eigenvalue weighted by atomic mass is 32.2. The van der Waals surface area contributed by atoms with Gasteiger partial charge in [-0.05, 0) is 55.5 Å². The molecule has 2 heterocycles. The molecular formula is C24H17F4N5O3S. The molecule has 0 bridgehead atoms. The van der Waals surface area contributed by atoms with Crippen molar-refractivity contribution in [3.63, 3.8) is 0 Å². The Balaban J connectivity index is 1.61. The number of alkyl halides is 3. The van der Waals surface area contributed by atoms with Crippen LogP contribution in [0.15, 0.2) is 71.8 Å². The molecule has 0 aliphatic heterocycles. The van der Waals surface area contributed by atoms with E-state index >= 15 is 0 Å². The van der Waals surface area contributed by atoms with Crippen molar-refractivity contribution < 1.29 is 30.7 Å². The fourth-order valence-corrected chi connectivity index (χ4v) is 4.39. The fraction of sp³-hybridized carbons (Fsp3) is 0.125. The monoisotopic (exact) mass is 531 g/mol. The number of nitriles is 1. The topological polar surface area (TPSA) is 110 Å². The second-order valence-electron chi connectivity index (χ2n) is 7.60. The maximum Gasteiger partial charge on any atom is 0.435 e. The first-order valence-electron chi connectivity index (χ1n) is 10.6. The number of aryl methyl sites for hydroxylation is 1. The zero-order valence-electron chi connectivity index (χ0n) is 19.0. The largest absolute Gasteiger partial charge is 0.456 e. The van der Waals surface area contributed by atoms with E-state index in [1.165, 1.54) is 28.9 Å². The molecule has 0 amide bonds. The van der Waals surface area contributed by atoms with E-state index in [4.69, 9.17) is 4.74 Å². The number of halogens is 4. The van der Waals surface area contributed by atoms with Crippen molar-refractivity contribution in [2.24, 2.45) is 0 Å². The van der Waals surface area contributed by atoms with E-state index in [-0.39, 0.29) is 40.0 Å². The quantitative estimate of drug-likeness (QED) is 0.312. The number of nitrogens with one attached hydrogen (secondary N) is 1. The van der Waals surface area contributed by atoms with Crippen LogP contribution in [0, 0.1) is 17.1 Å². The lowest BCUT2D eigenvalue weighted by Crippen LogP contribution is -2.14. The van der Waals surface area contributed by atoms with E-state index in [9.17, 15) is 31.2 Å². The third kappa shape index (κ3) is 5.70. The Morgan fingerprint density at radius 1 is 1.11 bits per heavy atom. The minimum Gasteiger partial charge on any atom is -0.456 e. The summed E-state index contributed by atoms with van der Waals surface area (Å²) in [6.45, 7) is 1.86. The van der Waals surface area contributed by atoms with Crippen LogP contribution in [-0.2, 0) is 22.7 Å². The number of rotatable bonds is 7. The van der Waals surface area contributed by atoms with Gasteiger partial charge in [-0.1, -0.05) is 12.1 Å². The van der Waals surface area contributed by atoms with Crippen molar-refractivity contribution in [3.8, 4) is 28.8 Å². The Morgan fingerprint density at radius 2 is 1.89 bits per heavy atom. The maximum atomic E-state index is 13.1. The van der Waals surface area contributed by atoms with Gasteiger partial charge in [0.05, 0.1) is 22.3 Å². The molecule has 1 N–H and O–H groups in total. The first-order valence-corrected chi connectivity index (χ1v) is 12.1. The number of aromatic nitrogens is 3. The Bertz CT molecular complexity index is 1590. The Labute approximate surface area is 208 Å². The standard InChI is InChI=1S/C24H17F4N5O3S/c1-2-33-20(12-22(31-33)24(26,27)28)15-4-3-5-18(10-15)36-21-8-7-19(11-16(21)13-29)37(34,35)32-23-9-6-17(25)14-30-23/h3-12,14H,2H2,1H3,(H,30,32).